The third-order valence-corrected chi connectivity index (χ3v) is 4.88. The second kappa shape index (κ2) is 7.50. The fraction of sp³-hybridized carbons (Fsp3) is 0.438. The monoisotopic (exact) mass is 336 g/mol. The minimum absolute atomic E-state index is 0.0957. The van der Waals surface area contributed by atoms with E-state index in [1.807, 2.05) is 6.92 Å². The van der Waals surface area contributed by atoms with Gasteiger partial charge in [-0.25, -0.2) is 0 Å². The standard InChI is InChI=1S/C16H20N2O4S/c1-10-6-11(16(21)22)8-18(7-10)15(20)12-4-2-3-5-13(12)23-9-14(17)19/h2-5,10-11H,6-9H2,1H3,(H2,17,19)(H,21,22). The quantitative estimate of drug-likeness (QED) is 0.793. The molecule has 0 saturated carbocycles. The van der Waals surface area contributed by atoms with Gasteiger partial charge in [0.15, 0.2) is 0 Å². The van der Waals surface area contributed by atoms with Crippen LogP contribution in [0.4, 0.5) is 0 Å². The van der Waals surface area contributed by atoms with Gasteiger partial charge in [-0.1, -0.05) is 19.1 Å². The minimum atomic E-state index is -0.870. The Hall–Kier alpha value is -2.02. The van der Waals surface area contributed by atoms with Crippen molar-refractivity contribution in [3.05, 3.63) is 29.8 Å². The molecule has 0 aliphatic carbocycles. The number of rotatable bonds is 5. The van der Waals surface area contributed by atoms with Gasteiger partial charge in [0.1, 0.15) is 0 Å². The molecular formula is C16H20N2O4S. The molecule has 2 atom stereocenters. The number of likely N-dealkylation sites (tertiary alicyclic amines) is 1. The molecule has 2 amide bonds. The van der Waals surface area contributed by atoms with E-state index in [2.05, 4.69) is 0 Å². The molecule has 1 aliphatic heterocycles. The summed E-state index contributed by atoms with van der Waals surface area (Å²) in [5.74, 6) is -1.82. The van der Waals surface area contributed by atoms with Gasteiger partial charge in [-0.3, -0.25) is 14.4 Å². The molecule has 2 unspecified atom stereocenters. The van der Waals surface area contributed by atoms with Crippen LogP contribution < -0.4 is 5.73 Å². The number of carbonyl (C=O) groups is 3. The maximum Gasteiger partial charge on any atom is 0.308 e. The number of benzene rings is 1. The molecule has 0 radical (unpaired) electrons. The van der Waals surface area contributed by atoms with Crippen LogP contribution in [0.25, 0.3) is 0 Å². The SMILES string of the molecule is CC1CC(C(=O)O)CN(C(=O)c2ccccc2SCC(N)=O)C1. The predicted octanol–water partition coefficient (Wildman–Crippen LogP) is 1.45. The van der Waals surface area contributed by atoms with Crippen LogP contribution in [0.3, 0.4) is 0 Å². The van der Waals surface area contributed by atoms with Gasteiger partial charge in [0.2, 0.25) is 5.91 Å². The maximum absolute atomic E-state index is 12.8. The van der Waals surface area contributed by atoms with Gasteiger partial charge >= 0.3 is 5.97 Å². The van der Waals surface area contributed by atoms with Crippen LogP contribution in [-0.2, 0) is 9.59 Å². The number of hydrogen-bond donors (Lipinski definition) is 2. The first-order valence-corrected chi connectivity index (χ1v) is 8.39. The van der Waals surface area contributed by atoms with Crippen molar-refractivity contribution in [2.24, 2.45) is 17.6 Å². The van der Waals surface area contributed by atoms with E-state index < -0.39 is 17.8 Å². The molecule has 6 nitrogen and oxygen atoms in total. The van der Waals surface area contributed by atoms with E-state index >= 15 is 0 Å². The normalized spacial score (nSPS) is 21.0. The van der Waals surface area contributed by atoms with Gasteiger partial charge in [0, 0.05) is 18.0 Å². The lowest BCUT2D eigenvalue weighted by Crippen LogP contribution is -2.45. The molecular weight excluding hydrogens is 316 g/mol. The molecule has 1 aromatic rings. The summed E-state index contributed by atoms with van der Waals surface area (Å²) in [5, 5.41) is 9.23. The van der Waals surface area contributed by atoms with Gasteiger partial charge in [-0.2, -0.15) is 0 Å². The average Bonchev–Trinajstić information content (AvgIpc) is 2.51. The topological polar surface area (TPSA) is 101 Å². The highest BCUT2D eigenvalue weighted by molar-refractivity contribution is 8.00. The van der Waals surface area contributed by atoms with Crippen molar-refractivity contribution in [1.29, 1.82) is 0 Å². The molecule has 1 heterocycles. The highest BCUT2D eigenvalue weighted by Crippen LogP contribution is 2.27. The minimum Gasteiger partial charge on any atom is -0.481 e. The number of carboxylic acids is 1. The summed E-state index contributed by atoms with van der Waals surface area (Å²) >= 11 is 1.22. The lowest BCUT2D eigenvalue weighted by atomic mass is 9.90. The molecule has 1 aromatic carbocycles. The lowest BCUT2D eigenvalue weighted by molar-refractivity contribution is -0.143. The Balaban J connectivity index is 2.19. The first kappa shape index (κ1) is 17.3. The number of nitrogens with two attached hydrogens (primary N) is 1. The van der Waals surface area contributed by atoms with E-state index in [1.165, 1.54) is 11.8 Å². The van der Waals surface area contributed by atoms with Crippen molar-refractivity contribution in [2.75, 3.05) is 18.8 Å². The number of amides is 2. The predicted molar refractivity (Wildman–Crippen MR) is 87.2 cm³/mol. The number of piperidine rings is 1. The highest BCUT2D eigenvalue weighted by Gasteiger charge is 2.32. The third-order valence-electron chi connectivity index (χ3n) is 3.78. The molecule has 1 aliphatic rings. The van der Waals surface area contributed by atoms with E-state index in [4.69, 9.17) is 5.73 Å². The Kier molecular flexibility index (Phi) is 5.65. The summed E-state index contributed by atoms with van der Waals surface area (Å²) in [6.45, 7) is 2.70. The largest absolute Gasteiger partial charge is 0.481 e. The molecule has 23 heavy (non-hydrogen) atoms. The van der Waals surface area contributed by atoms with Crippen molar-refractivity contribution in [3.63, 3.8) is 0 Å². The molecule has 0 bridgehead atoms. The van der Waals surface area contributed by atoms with Crippen LogP contribution in [0, 0.1) is 11.8 Å². The van der Waals surface area contributed by atoms with Crippen LogP contribution in [0.1, 0.15) is 23.7 Å². The summed E-state index contributed by atoms with van der Waals surface area (Å²) in [4.78, 5) is 37.3. The summed E-state index contributed by atoms with van der Waals surface area (Å²) in [6, 6.07) is 7.01. The Bertz CT molecular complexity index is 620. The van der Waals surface area contributed by atoms with E-state index in [9.17, 15) is 19.5 Å². The molecule has 2 rings (SSSR count). The average molecular weight is 336 g/mol. The number of carbonyl (C=O) groups excluding carboxylic acids is 2. The number of primary amides is 1. The molecule has 1 saturated heterocycles. The van der Waals surface area contributed by atoms with Crippen LogP contribution in [-0.4, -0.2) is 46.6 Å². The number of nitrogens with zero attached hydrogens (tertiary/aromatic N) is 1. The van der Waals surface area contributed by atoms with E-state index in [1.54, 1.807) is 29.2 Å². The first-order chi connectivity index (χ1) is 10.9. The van der Waals surface area contributed by atoms with Crippen molar-refractivity contribution >= 4 is 29.5 Å². The summed E-state index contributed by atoms with van der Waals surface area (Å²) < 4.78 is 0. The molecule has 7 heteroatoms. The van der Waals surface area contributed by atoms with Crippen LogP contribution >= 0.6 is 11.8 Å². The van der Waals surface area contributed by atoms with Gasteiger partial charge < -0.3 is 15.7 Å². The third kappa shape index (κ3) is 4.48. The fourth-order valence-electron chi connectivity index (χ4n) is 2.78. The first-order valence-electron chi connectivity index (χ1n) is 7.40. The van der Waals surface area contributed by atoms with Crippen molar-refractivity contribution < 1.29 is 19.5 Å². The van der Waals surface area contributed by atoms with Crippen LogP contribution in [0.15, 0.2) is 29.2 Å². The highest BCUT2D eigenvalue weighted by atomic mass is 32.2. The Morgan fingerprint density at radius 1 is 1.30 bits per heavy atom. The van der Waals surface area contributed by atoms with Crippen molar-refractivity contribution in [2.45, 2.75) is 18.2 Å². The smallest absolute Gasteiger partial charge is 0.308 e. The number of carboxylic acid groups (broad SMARTS) is 1. The zero-order valence-corrected chi connectivity index (χ0v) is 13.7. The Morgan fingerprint density at radius 3 is 2.65 bits per heavy atom. The molecule has 3 N–H and O–H groups in total. The zero-order valence-electron chi connectivity index (χ0n) is 12.9. The van der Waals surface area contributed by atoms with E-state index in [0.29, 0.717) is 23.4 Å². The molecule has 1 fully saturated rings. The second-order valence-corrected chi connectivity index (χ2v) is 6.85. The van der Waals surface area contributed by atoms with Gasteiger partial charge in [0.25, 0.3) is 5.91 Å². The van der Waals surface area contributed by atoms with E-state index in [0.717, 1.165) is 0 Å². The fourth-order valence-corrected chi connectivity index (χ4v) is 3.57. The Morgan fingerprint density at radius 2 is 2.00 bits per heavy atom. The maximum atomic E-state index is 12.8. The van der Waals surface area contributed by atoms with Crippen LogP contribution in [0.5, 0.6) is 0 Å². The van der Waals surface area contributed by atoms with Gasteiger partial charge in [-0.05, 0) is 24.5 Å². The summed E-state index contributed by atoms with van der Waals surface area (Å²) in [6.07, 6.45) is 0.581. The molecule has 0 aromatic heterocycles. The number of thioether (sulfide) groups is 1. The summed E-state index contributed by atoms with van der Waals surface area (Å²) in [7, 11) is 0. The molecule has 124 valence electrons. The summed E-state index contributed by atoms with van der Waals surface area (Å²) in [5.41, 5.74) is 5.64. The number of hydrogen-bond acceptors (Lipinski definition) is 4. The molecule has 0 spiro atoms. The lowest BCUT2D eigenvalue weighted by Gasteiger charge is -2.35. The van der Waals surface area contributed by atoms with Crippen molar-refractivity contribution in [3.8, 4) is 0 Å². The second-order valence-electron chi connectivity index (χ2n) is 5.84. The van der Waals surface area contributed by atoms with Crippen LogP contribution in [0.2, 0.25) is 0 Å². The van der Waals surface area contributed by atoms with E-state index in [-0.39, 0.29) is 24.1 Å². The van der Waals surface area contributed by atoms with Gasteiger partial charge in [0.05, 0.1) is 17.2 Å². The number of aliphatic carboxylic acids is 1. The van der Waals surface area contributed by atoms with Crippen molar-refractivity contribution in [1.82, 2.24) is 4.90 Å². The van der Waals surface area contributed by atoms with Gasteiger partial charge in [-0.15, -0.1) is 11.8 Å². The zero-order chi connectivity index (χ0) is 17.0. The Labute approximate surface area is 139 Å².